The Kier molecular flexibility index (Phi) is 20.8. The second kappa shape index (κ2) is 21.5. The highest BCUT2D eigenvalue weighted by molar-refractivity contribution is 5.99. The summed E-state index contributed by atoms with van der Waals surface area (Å²) >= 11 is 0. The Morgan fingerprint density at radius 3 is 1.48 bits per heavy atom. The maximum Gasteiger partial charge on any atom is 0.322 e. The lowest BCUT2D eigenvalue weighted by Gasteiger charge is -2.22. The lowest BCUT2D eigenvalue weighted by molar-refractivity contribution is -0.170. The molecule has 0 aliphatic heterocycles. The normalized spacial score (nSPS) is 12.5. The van der Waals surface area contributed by atoms with Gasteiger partial charge in [-0.15, -0.1) is 0 Å². The van der Waals surface area contributed by atoms with Crippen LogP contribution in [-0.4, -0.2) is 25.2 Å². The van der Waals surface area contributed by atoms with Crippen molar-refractivity contribution < 1.29 is 19.1 Å². The first-order valence-electron chi connectivity index (χ1n) is 14.2. The maximum atomic E-state index is 12.4. The molecule has 196 valence electrons. The first-order valence-corrected chi connectivity index (χ1v) is 14.2. The van der Waals surface area contributed by atoms with Crippen LogP contribution in [0.25, 0.3) is 0 Å². The summed E-state index contributed by atoms with van der Waals surface area (Å²) in [4.78, 5) is 24.8. The van der Waals surface area contributed by atoms with Crippen LogP contribution in [0.1, 0.15) is 150 Å². The third-order valence-corrected chi connectivity index (χ3v) is 6.75. The number of carbonyl (C=O) groups excluding carboxylic acids is 2. The van der Waals surface area contributed by atoms with Crippen LogP contribution in [0.15, 0.2) is 0 Å². The fraction of sp³-hybridized carbons (Fsp3) is 0.931. The van der Waals surface area contributed by atoms with Crippen molar-refractivity contribution in [3.05, 3.63) is 0 Å². The molecule has 0 aromatic heterocycles. The van der Waals surface area contributed by atoms with Gasteiger partial charge in [-0.3, -0.25) is 9.59 Å². The minimum Gasteiger partial charge on any atom is -0.465 e. The van der Waals surface area contributed by atoms with Crippen molar-refractivity contribution in [2.75, 3.05) is 13.2 Å². The summed E-state index contributed by atoms with van der Waals surface area (Å²) in [6.45, 7) is 10.5. The highest BCUT2D eigenvalue weighted by Crippen LogP contribution is 2.22. The van der Waals surface area contributed by atoms with Crippen LogP contribution < -0.4 is 0 Å². The van der Waals surface area contributed by atoms with Crippen LogP contribution in [0, 0.1) is 11.3 Å². The molecule has 0 heterocycles. The first kappa shape index (κ1) is 31.9. The third-order valence-electron chi connectivity index (χ3n) is 6.75. The molecule has 4 nitrogen and oxygen atoms in total. The van der Waals surface area contributed by atoms with E-state index >= 15 is 0 Å². The van der Waals surface area contributed by atoms with Crippen molar-refractivity contribution in [3.63, 3.8) is 0 Å². The molecule has 0 radical (unpaired) electrons. The summed E-state index contributed by atoms with van der Waals surface area (Å²) in [7, 11) is 0. The Morgan fingerprint density at radius 1 is 0.606 bits per heavy atom. The molecule has 0 saturated heterocycles. The van der Waals surface area contributed by atoms with Crippen LogP contribution in [0.3, 0.4) is 0 Å². The van der Waals surface area contributed by atoms with Gasteiger partial charge in [0.25, 0.3) is 0 Å². The van der Waals surface area contributed by atoms with Crippen LogP contribution in [0.4, 0.5) is 0 Å². The molecule has 0 aromatic carbocycles. The van der Waals surface area contributed by atoms with Gasteiger partial charge in [-0.05, 0) is 32.6 Å². The monoisotopic (exact) mass is 468 g/mol. The lowest BCUT2D eigenvalue weighted by atomic mass is 9.93. The Labute approximate surface area is 206 Å². The van der Waals surface area contributed by atoms with Gasteiger partial charge in [0.05, 0.1) is 13.2 Å². The number of esters is 2. The molecular weight excluding hydrogens is 412 g/mol. The Balaban J connectivity index is 3.73. The molecule has 0 N–H and O–H groups in total. The summed E-state index contributed by atoms with van der Waals surface area (Å²) in [5, 5.41) is 0. The van der Waals surface area contributed by atoms with Gasteiger partial charge in [-0.2, -0.15) is 0 Å². The summed E-state index contributed by atoms with van der Waals surface area (Å²) < 4.78 is 10.9. The van der Waals surface area contributed by atoms with Gasteiger partial charge in [0.1, 0.15) is 0 Å². The molecule has 1 atom stereocenters. The van der Waals surface area contributed by atoms with E-state index in [0.717, 1.165) is 38.5 Å². The maximum absolute atomic E-state index is 12.4. The molecule has 0 aliphatic rings. The Hall–Kier alpha value is -1.06. The first-order chi connectivity index (χ1) is 15.9. The molecule has 0 aromatic rings. The molecular formula is C29H56O4. The number of hydrogen-bond acceptors (Lipinski definition) is 4. The predicted molar refractivity (Wildman–Crippen MR) is 139 cm³/mol. The zero-order valence-corrected chi connectivity index (χ0v) is 22.9. The molecule has 0 rings (SSSR count). The van der Waals surface area contributed by atoms with E-state index in [1.54, 1.807) is 13.8 Å². The van der Waals surface area contributed by atoms with Gasteiger partial charge >= 0.3 is 11.9 Å². The number of rotatable bonds is 23. The van der Waals surface area contributed by atoms with Crippen molar-refractivity contribution in [1.29, 1.82) is 0 Å². The fourth-order valence-electron chi connectivity index (χ4n) is 4.00. The Morgan fingerprint density at radius 2 is 1.03 bits per heavy atom. The predicted octanol–water partition coefficient (Wildman–Crippen LogP) is 8.80. The molecule has 0 saturated carbocycles. The second-order valence-electron chi connectivity index (χ2n) is 10.4. The number of carbonyl (C=O) groups is 2. The van der Waals surface area contributed by atoms with Crippen LogP contribution >= 0.6 is 0 Å². The summed E-state index contributed by atoms with van der Waals surface area (Å²) in [5.74, 6) is -0.566. The van der Waals surface area contributed by atoms with E-state index in [0.29, 0.717) is 19.1 Å². The van der Waals surface area contributed by atoms with Crippen molar-refractivity contribution in [1.82, 2.24) is 0 Å². The van der Waals surface area contributed by atoms with E-state index in [1.165, 1.54) is 77.0 Å². The highest BCUT2D eigenvalue weighted by atomic mass is 16.6. The van der Waals surface area contributed by atoms with Crippen LogP contribution in [0.2, 0.25) is 0 Å². The average Bonchev–Trinajstić information content (AvgIpc) is 2.81. The van der Waals surface area contributed by atoms with Gasteiger partial charge < -0.3 is 9.47 Å². The van der Waals surface area contributed by atoms with Gasteiger partial charge in [-0.25, -0.2) is 0 Å². The summed E-state index contributed by atoms with van der Waals surface area (Å²) in [5.41, 5.74) is -1.24. The van der Waals surface area contributed by atoms with E-state index in [1.807, 2.05) is 0 Å². The third kappa shape index (κ3) is 17.1. The topological polar surface area (TPSA) is 52.6 Å². The zero-order chi connectivity index (χ0) is 24.8. The van der Waals surface area contributed by atoms with Gasteiger partial charge in [-0.1, -0.05) is 124 Å². The molecule has 4 heteroatoms. The summed E-state index contributed by atoms with van der Waals surface area (Å²) in [6.07, 6.45) is 22.5. The van der Waals surface area contributed by atoms with Crippen LogP contribution in [-0.2, 0) is 19.1 Å². The van der Waals surface area contributed by atoms with Crippen molar-refractivity contribution in [2.24, 2.45) is 11.3 Å². The Bertz CT molecular complexity index is 472. The zero-order valence-electron chi connectivity index (χ0n) is 22.9. The van der Waals surface area contributed by atoms with Gasteiger partial charge in [0.2, 0.25) is 0 Å². The number of unbranched alkanes of at least 4 members (excludes halogenated alkanes) is 14. The number of hydrogen-bond donors (Lipinski definition) is 0. The minimum atomic E-state index is -1.24. The molecule has 0 aliphatic carbocycles. The smallest absolute Gasteiger partial charge is 0.322 e. The number of ether oxygens (including phenoxy) is 2. The SMILES string of the molecule is CCCCCCCCCCCCCCCCOC(=O)C(C)(C)C(=O)OCC(CC)CCCC. The van der Waals surface area contributed by atoms with E-state index in [-0.39, 0.29) is 0 Å². The fourth-order valence-corrected chi connectivity index (χ4v) is 4.00. The van der Waals surface area contributed by atoms with Crippen molar-refractivity contribution in [3.8, 4) is 0 Å². The standard InChI is InChI=1S/C29H56O4/c1-6-9-11-12-13-14-15-16-17-18-19-20-21-22-24-32-27(30)29(4,5)28(31)33-25-26(8-3)23-10-7-2/h26H,6-25H2,1-5H3. The van der Waals surface area contributed by atoms with E-state index in [9.17, 15) is 9.59 Å². The molecule has 0 bridgehead atoms. The van der Waals surface area contributed by atoms with E-state index < -0.39 is 17.4 Å². The molecule has 0 spiro atoms. The minimum absolute atomic E-state index is 0.372. The molecule has 33 heavy (non-hydrogen) atoms. The summed E-state index contributed by atoms with van der Waals surface area (Å²) in [6, 6.07) is 0. The average molecular weight is 469 g/mol. The van der Waals surface area contributed by atoms with E-state index in [2.05, 4.69) is 20.8 Å². The van der Waals surface area contributed by atoms with Crippen molar-refractivity contribution in [2.45, 2.75) is 150 Å². The van der Waals surface area contributed by atoms with Gasteiger partial charge in [0, 0.05) is 0 Å². The largest absolute Gasteiger partial charge is 0.465 e. The quantitative estimate of drug-likeness (QED) is 0.0854. The molecule has 1 unspecified atom stereocenters. The highest BCUT2D eigenvalue weighted by Gasteiger charge is 2.39. The molecule has 0 fully saturated rings. The second-order valence-corrected chi connectivity index (χ2v) is 10.4. The lowest BCUT2D eigenvalue weighted by Crippen LogP contribution is -2.37. The van der Waals surface area contributed by atoms with Crippen LogP contribution in [0.5, 0.6) is 0 Å². The van der Waals surface area contributed by atoms with Crippen molar-refractivity contribution >= 4 is 11.9 Å². The molecule has 0 amide bonds. The van der Waals surface area contributed by atoms with Gasteiger partial charge in [0.15, 0.2) is 5.41 Å². The van der Waals surface area contributed by atoms with E-state index in [4.69, 9.17) is 9.47 Å².